The number of amides is 1. The first kappa shape index (κ1) is 29.0. The zero-order chi connectivity index (χ0) is 31.1. The molecule has 2 aliphatic rings. The minimum atomic E-state index is -0.584. The summed E-state index contributed by atoms with van der Waals surface area (Å²) in [5.74, 6) is -0.169. The van der Waals surface area contributed by atoms with Gasteiger partial charge in [0, 0.05) is 61.2 Å². The Morgan fingerprint density at radius 3 is 2.64 bits per heavy atom. The number of likely N-dealkylation sites (tertiary alicyclic amines) is 1. The fraction of sp³-hybridized carbons (Fsp3) is 0.355. The fourth-order valence-corrected chi connectivity index (χ4v) is 6.31. The Morgan fingerprint density at radius 2 is 1.91 bits per heavy atom. The highest BCUT2D eigenvalue weighted by Crippen LogP contribution is 2.47. The van der Waals surface area contributed by atoms with Gasteiger partial charge >= 0.3 is 0 Å². The number of nitrogens with zero attached hydrogens (tertiary/aromatic N) is 9. The minimum Gasteiger partial charge on any atom is -0.342 e. The molecule has 1 aromatic carbocycles. The van der Waals surface area contributed by atoms with Gasteiger partial charge in [0.05, 0.1) is 34.7 Å². The monoisotopic (exact) mass is 629 g/mol. The van der Waals surface area contributed by atoms with E-state index in [0.29, 0.717) is 28.9 Å². The standard InChI is InChI=1S/C31H30ClFN10O2/c1-40-28(44)13-21(15-36-40)22-16-37-42(17-22)27(12-20-11-23(20)31(45)41-9-3-2-4-10-41)25-7-5-19(14-34-25)29-26(43-18-35-38-39-43)8-6-24(32)30(29)33/h5-8,13-18,20,23,27H,2-4,9-12H2,1H3/p+1/t20-,23+,27?/m0/s1. The van der Waals surface area contributed by atoms with Crippen LogP contribution in [0.15, 0.2) is 66.2 Å². The van der Waals surface area contributed by atoms with E-state index in [4.69, 9.17) is 16.6 Å². The SMILES string of the molecule is Cn1ncc(-c2cnn(C(C[C@@H]3C[C@H]3C(=O)N3CCCCC3)c3ccc(-c4c(-[n+]5cnn[nH]5)ccc(Cl)c4F)cn3)c2)cc1=O. The fourth-order valence-electron chi connectivity index (χ4n) is 6.15. The van der Waals surface area contributed by atoms with E-state index in [1.165, 1.54) is 34.2 Å². The first-order chi connectivity index (χ1) is 21.9. The first-order valence-corrected chi connectivity index (χ1v) is 15.3. The number of hydrogen-bond donors (Lipinski definition) is 1. The van der Waals surface area contributed by atoms with Crippen LogP contribution in [0, 0.1) is 17.7 Å². The van der Waals surface area contributed by atoms with Crippen molar-refractivity contribution in [3.05, 3.63) is 88.3 Å². The van der Waals surface area contributed by atoms with Crippen LogP contribution < -0.4 is 10.2 Å². The second kappa shape index (κ2) is 12.0. The highest BCUT2D eigenvalue weighted by atomic mass is 35.5. The molecule has 7 rings (SSSR count). The van der Waals surface area contributed by atoms with Gasteiger partial charge in [-0.2, -0.15) is 10.2 Å². The molecule has 1 amide bonds. The Kier molecular flexibility index (Phi) is 7.70. The summed E-state index contributed by atoms with van der Waals surface area (Å²) in [7, 11) is 1.60. The van der Waals surface area contributed by atoms with E-state index >= 15 is 4.39 Å². The highest BCUT2D eigenvalue weighted by Gasteiger charge is 2.46. The number of carbonyl (C=O) groups is 1. The maximum absolute atomic E-state index is 15.4. The van der Waals surface area contributed by atoms with Crippen LogP contribution in [-0.2, 0) is 11.8 Å². The lowest BCUT2D eigenvalue weighted by Gasteiger charge is -2.27. The van der Waals surface area contributed by atoms with Gasteiger partial charge in [-0.25, -0.2) is 9.07 Å². The summed E-state index contributed by atoms with van der Waals surface area (Å²) in [5, 5.41) is 19.0. The molecule has 0 bridgehead atoms. The molecule has 5 aromatic rings. The lowest BCUT2D eigenvalue weighted by molar-refractivity contribution is -0.659. The van der Waals surface area contributed by atoms with Crippen molar-refractivity contribution in [2.24, 2.45) is 18.9 Å². The van der Waals surface area contributed by atoms with Crippen LogP contribution in [0.2, 0.25) is 5.02 Å². The summed E-state index contributed by atoms with van der Waals surface area (Å²) in [6.45, 7) is 1.66. The van der Waals surface area contributed by atoms with E-state index in [-0.39, 0.29) is 39.9 Å². The molecule has 5 heterocycles. The van der Waals surface area contributed by atoms with Crippen molar-refractivity contribution in [2.75, 3.05) is 13.1 Å². The molecule has 1 aliphatic carbocycles. The first-order valence-electron chi connectivity index (χ1n) is 15.0. The number of tetrazole rings is 1. The van der Waals surface area contributed by atoms with E-state index in [1.54, 1.807) is 37.8 Å². The molecule has 1 saturated heterocycles. The molecule has 0 spiro atoms. The van der Waals surface area contributed by atoms with Gasteiger partial charge in [-0.05, 0) is 56.2 Å². The Hall–Kier alpha value is -4.78. The maximum Gasteiger partial charge on any atom is 0.293 e. The molecule has 0 radical (unpaired) electrons. The number of aromatic nitrogens is 9. The number of piperidine rings is 1. The molecule has 3 atom stereocenters. The third-order valence-electron chi connectivity index (χ3n) is 8.78. The van der Waals surface area contributed by atoms with Crippen molar-refractivity contribution in [1.82, 2.24) is 45.0 Å². The van der Waals surface area contributed by atoms with Crippen LogP contribution in [0.25, 0.3) is 27.9 Å². The zero-order valence-corrected chi connectivity index (χ0v) is 25.3. The van der Waals surface area contributed by atoms with Gasteiger partial charge in [0.2, 0.25) is 5.91 Å². The van der Waals surface area contributed by atoms with Crippen LogP contribution in [0.1, 0.15) is 43.8 Å². The van der Waals surface area contributed by atoms with Crippen LogP contribution >= 0.6 is 11.6 Å². The number of aromatic amines is 1. The number of pyridine rings is 1. The van der Waals surface area contributed by atoms with Gasteiger partial charge in [-0.3, -0.25) is 19.3 Å². The van der Waals surface area contributed by atoms with Gasteiger partial charge in [0.1, 0.15) is 10.8 Å². The smallest absolute Gasteiger partial charge is 0.293 e. The lowest BCUT2D eigenvalue weighted by Crippen LogP contribution is -2.37. The van der Waals surface area contributed by atoms with Gasteiger partial charge in [0.25, 0.3) is 11.9 Å². The van der Waals surface area contributed by atoms with Crippen LogP contribution in [0.5, 0.6) is 0 Å². The van der Waals surface area contributed by atoms with E-state index < -0.39 is 5.82 Å². The van der Waals surface area contributed by atoms with E-state index in [1.807, 2.05) is 21.8 Å². The number of hydrogen-bond acceptors (Lipinski definition) is 7. The number of aryl methyl sites for hydroxylation is 1. The summed E-state index contributed by atoms with van der Waals surface area (Å²) in [6, 6.07) is 8.04. The molecule has 1 aliphatic heterocycles. The maximum atomic E-state index is 15.4. The van der Waals surface area contributed by atoms with Crippen molar-refractivity contribution in [1.29, 1.82) is 0 Å². The molecule has 12 nitrogen and oxygen atoms in total. The third kappa shape index (κ3) is 5.75. The minimum absolute atomic E-state index is 0.00981. The largest absolute Gasteiger partial charge is 0.342 e. The molecular weight excluding hydrogens is 599 g/mol. The predicted octanol–water partition coefficient (Wildman–Crippen LogP) is 3.52. The molecule has 1 saturated carbocycles. The quantitative estimate of drug-likeness (QED) is 0.260. The van der Waals surface area contributed by atoms with Crippen LogP contribution in [0.4, 0.5) is 4.39 Å². The number of halogens is 2. The van der Waals surface area contributed by atoms with Crippen molar-refractivity contribution in [3.8, 4) is 27.9 Å². The van der Waals surface area contributed by atoms with Crippen molar-refractivity contribution in [3.63, 3.8) is 0 Å². The van der Waals surface area contributed by atoms with Crippen LogP contribution in [0.3, 0.4) is 0 Å². The average Bonchev–Trinajstić information content (AvgIpc) is 3.40. The van der Waals surface area contributed by atoms with E-state index in [2.05, 4.69) is 25.7 Å². The van der Waals surface area contributed by atoms with Gasteiger partial charge in [-0.1, -0.05) is 22.9 Å². The molecule has 230 valence electrons. The number of benzene rings is 1. The average molecular weight is 630 g/mol. The number of rotatable bonds is 8. The van der Waals surface area contributed by atoms with E-state index in [0.717, 1.165) is 37.9 Å². The molecule has 14 heteroatoms. The molecule has 1 N–H and O–H groups in total. The van der Waals surface area contributed by atoms with Crippen molar-refractivity contribution in [2.45, 2.75) is 38.1 Å². The summed E-state index contributed by atoms with van der Waals surface area (Å²) < 4.78 is 20.0. The number of nitrogens with one attached hydrogen (secondary N) is 1. The summed E-state index contributed by atoms with van der Waals surface area (Å²) in [5.41, 5.74) is 3.15. The Balaban J connectivity index is 1.21. The molecule has 45 heavy (non-hydrogen) atoms. The second-order valence-corrected chi connectivity index (χ2v) is 12.1. The Bertz CT molecular complexity index is 1900. The van der Waals surface area contributed by atoms with Gasteiger partial charge in [-0.15, -0.1) is 4.68 Å². The zero-order valence-electron chi connectivity index (χ0n) is 24.6. The van der Waals surface area contributed by atoms with Crippen LogP contribution in [-0.4, -0.2) is 64.0 Å². The van der Waals surface area contributed by atoms with E-state index in [9.17, 15) is 9.59 Å². The second-order valence-electron chi connectivity index (χ2n) is 11.7. The topological polar surface area (TPSA) is 131 Å². The number of H-pyrrole nitrogens is 1. The number of carbonyl (C=O) groups excluding carboxylic acids is 1. The Morgan fingerprint density at radius 1 is 1.09 bits per heavy atom. The lowest BCUT2D eigenvalue weighted by atomic mass is 10.0. The van der Waals surface area contributed by atoms with Gasteiger partial charge < -0.3 is 4.90 Å². The van der Waals surface area contributed by atoms with Crippen molar-refractivity contribution < 1.29 is 13.9 Å². The third-order valence-corrected chi connectivity index (χ3v) is 9.07. The summed E-state index contributed by atoms with van der Waals surface area (Å²) in [6.07, 6.45) is 13.0. The molecule has 1 unspecified atom stereocenters. The molecule has 4 aromatic heterocycles. The van der Waals surface area contributed by atoms with Gasteiger partial charge in [0.15, 0.2) is 11.0 Å². The molecule has 2 fully saturated rings. The highest BCUT2D eigenvalue weighted by molar-refractivity contribution is 6.31. The normalized spacial score (nSPS) is 18.6. The predicted molar refractivity (Wildman–Crippen MR) is 162 cm³/mol. The Labute approximate surface area is 262 Å². The molecular formula is C31H31ClFN10O2+. The summed E-state index contributed by atoms with van der Waals surface area (Å²) in [4.78, 5) is 32.3. The summed E-state index contributed by atoms with van der Waals surface area (Å²) >= 11 is 6.18. The van der Waals surface area contributed by atoms with Crippen molar-refractivity contribution >= 4 is 17.5 Å².